The van der Waals surface area contributed by atoms with Crippen molar-refractivity contribution in [3.63, 3.8) is 0 Å². The average molecular weight is 181 g/mol. The molecule has 0 amide bonds. The van der Waals surface area contributed by atoms with E-state index in [2.05, 4.69) is 22.6 Å². The van der Waals surface area contributed by atoms with Gasteiger partial charge in [0.25, 0.3) is 0 Å². The Labute approximate surface area is 81.2 Å². The van der Waals surface area contributed by atoms with Gasteiger partial charge in [-0.15, -0.1) is 0 Å². The van der Waals surface area contributed by atoms with Gasteiger partial charge in [0.2, 0.25) is 0 Å². The number of piperidine rings is 1. The van der Waals surface area contributed by atoms with E-state index in [0.29, 0.717) is 0 Å². The molecule has 2 heterocycles. The third kappa shape index (κ3) is 2.11. The maximum Gasteiger partial charge on any atom is 0.156 e. The molecular formula is C11H21N2+. The molecule has 0 saturated carbocycles. The van der Waals surface area contributed by atoms with E-state index in [9.17, 15) is 0 Å². The summed E-state index contributed by atoms with van der Waals surface area (Å²) in [5, 5.41) is 0. The Balaban J connectivity index is 2.07. The predicted octanol–water partition coefficient (Wildman–Crippen LogP) is 1.35. The van der Waals surface area contributed by atoms with Crippen molar-refractivity contribution in [2.24, 2.45) is 0 Å². The van der Waals surface area contributed by atoms with Gasteiger partial charge in [0.1, 0.15) is 13.1 Å². The quantitative estimate of drug-likeness (QED) is 0.553. The van der Waals surface area contributed by atoms with Crippen molar-refractivity contribution in [1.29, 1.82) is 0 Å². The van der Waals surface area contributed by atoms with Gasteiger partial charge in [-0.3, -0.25) is 4.90 Å². The molecule has 0 aromatic carbocycles. The number of rotatable bonds is 1. The minimum Gasteiger partial charge on any atom is -0.291 e. The van der Waals surface area contributed by atoms with Gasteiger partial charge in [0.15, 0.2) is 6.21 Å². The van der Waals surface area contributed by atoms with Crippen LogP contribution in [-0.2, 0) is 0 Å². The minimum absolute atomic E-state index is 0.760. The Morgan fingerprint density at radius 2 is 2.15 bits per heavy atom. The number of hydrogen-bond donors (Lipinski definition) is 0. The van der Waals surface area contributed by atoms with E-state index < -0.39 is 0 Å². The fourth-order valence-electron chi connectivity index (χ4n) is 2.52. The third-order valence-corrected chi connectivity index (χ3v) is 3.34. The molecule has 0 aromatic rings. The predicted molar refractivity (Wildman–Crippen MR) is 55.6 cm³/mol. The van der Waals surface area contributed by atoms with E-state index in [0.717, 1.165) is 6.04 Å². The van der Waals surface area contributed by atoms with Crippen LogP contribution < -0.4 is 0 Å². The Morgan fingerprint density at radius 1 is 1.31 bits per heavy atom. The van der Waals surface area contributed by atoms with Crippen molar-refractivity contribution in [1.82, 2.24) is 4.90 Å². The van der Waals surface area contributed by atoms with Gasteiger partial charge in [0, 0.05) is 13.0 Å². The molecule has 2 aliphatic rings. The highest BCUT2D eigenvalue weighted by atomic mass is 15.2. The van der Waals surface area contributed by atoms with Crippen molar-refractivity contribution in [3.05, 3.63) is 0 Å². The van der Waals surface area contributed by atoms with Crippen LogP contribution in [0.3, 0.4) is 0 Å². The summed E-state index contributed by atoms with van der Waals surface area (Å²) in [7, 11) is 0. The lowest BCUT2D eigenvalue weighted by Crippen LogP contribution is -2.40. The maximum atomic E-state index is 2.67. The summed E-state index contributed by atoms with van der Waals surface area (Å²) in [5.41, 5.74) is 0. The van der Waals surface area contributed by atoms with Crippen LogP contribution in [-0.4, -0.2) is 47.9 Å². The van der Waals surface area contributed by atoms with Gasteiger partial charge >= 0.3 is 0 Å². The minimum atomic E-state index is 0.760. The van der Waals surface area contributed by atoms with Gasteiger partial charge in [-0.2, -0.15) is 0 Å². The zero-order valence-electron chi connectivity index (χ0n) is 8.71. The molecule has 0 spiro atoms. The lowest BCUT2D eigenvalue weighted by molar-refractivity contribution is -0.520. The fourth-order valence-corrected chi connectivity index (χ4v) is 2.52. The number of fused-ring (bicyclic) bond motifs is 1. The third-order valence-electron chi connectivity index (χ3n) is 3.34. The highest BCUT2D eigenvalue weighted by molar-refractivity contribution is 5.59. The lowest BCUT2D eigenvalue weighted by atomic mass is 10.0. The highest BCUT2D eigenvalue weighted by Crippen LogP contribution is 2.17. The van der Waals surface area contributed by atoms with Crippen LogP contribution >= 0.6 is 0 Å². The molecule has 2 rings (SSSR count). The first-order valence-corrected chi connectivity index (χ1v) is 5.73. The number of hydrogen-bond acceptors (Lipinski definition) is 1. The van der Waals surface area contributed by atoms with Gasteiger partial charge in [-0.25, -0.2) is 4.58 Å². The van der Waals surface area contributed by atoms with Crippen LogP contribution in [0.2, 0.25) is 0 Å². The van der Waals surface area contributed by atoms with E-state index >= 15 is 0 Å². The molecule has 1 saturated heterocycles. The number of nitrogens with zero attached hydrogens (tertiary/aromatic N) is 2. The zero-order chi connectivity index (χ0) is 9.10. The van der Waals surface area contributed by atoms with E-state index in [4.69, 9.17) is 0 Å². The smallest absolute Gasteiger partial charge is 0.156 e. The topological polar surface area (TPSA) is 6.25 Å². The van der Waals surface area contributed by atoms with Crippen LogP contribution in [0, 0.1) is 0 Å². The van der Waals surface area contributed by atoms with Gasteiger partial charge in [-0.05, 0) is 26.3 Å². The summed E-state index contributed by atoms with van der Waals surface area (Å²) in [6, 6.07) is 0.760. The average Bonchev–Trinajstić information content (AvgIpc) is 2.38. The van der Waals surface area contributed by atoms with Crippen molar-refractivity contribution in [3.8, 4) is 0 Å². The van der Waals surface area contributed by atoms with Crippen molar-refractivity contribution < 1.29 is 4.58 Å². The molecule has 0 aliphatic carbocycles. The fraction of sp³-hybridized carbons (Fsp3) is 0.909. The highest BCUT2D eigenvalue weighted by Gasteiger charge is 2.25. The molecule has 74 valence electrons. The van der Waals surface area contributed by atoms with E-state index in [-0.39, 0.29) is 0 Å². The van der Waals surface area contributed by atoms with Gasteiger partial charge in [0.05, 0.1) is 6.04 Å². The van der Waals surface area contributed by atoms with Crippen molar-refractivity contribution >= 4 is 6.21 Å². The molecule has 0 N–H and O–H groups in total. The summed E-state index contributed by atoms with van der Waals surface area (Å²) in [6.07, 6.45) is 8.05. The molecule has 1 fully saturated rings. The Bertz CT molecular complexity index is 198. The summed E-state index contributed by atoms with van der Waals surface area (Å²) in [5.74, 6) is 0. The van der Waals surface area contributed by atoms with Crippen LogP contribution in [0.1, 0.15) is 32.6 Å². The molecule has 2 nitrogen and oxygen atoms in total. The van der Waals surface area contributed by atoms with Gasteiger partial charge in [-0.1, -0.05) is 6.42 Å². The standard InChI is InChI=1S/C11H21N2/c1-2-12-7-5-9-13-8-4-3-6-11(13)10-12/h10-11H,2-9H2,1H3/q+1. The molecule has 13 heavy (non-hydrogen) atoms. The zero-order valence-corrected chi connectivity index (χ0v) is 8.71. The van der Waals surface area contributed by atoms with Crippen molar-refractivity contribution in [2.45, 2.75) is 38.6 Å². The second kappa shape index (κ2) is 4.23. The molecule has 0 bridgehead atoms. The summed E-state index contributed by atoms with van der Waals surface area (Å²) >= 11 is 0. The first-order valence-electron chi connectivity index (χ1n) is 5.73. The Kier molecular flexibility index (Phi) is 2.99. The second-order valence-electron chi connectivity index (χ2n) is 4.23. The first-order chi connectivity index (χ1) is 6.40. The van der Waals surface area contributed by atoms with Crippen LogP contribution in [0.25, 0.3) is 0 Å². The Hall–Kier alpha value is -0.370. The van der Waals surface area contributed by atoms with Gasteiger partial charge < -0.3 is 0 Å². The molecule has 0 radical (unpaired) electrons. The molecule has 1 atom stereocenters. The largest absolute Gasteiger partial charge is 0.291 e. The molecule has 1 unspecified atom stereocenters. The molecule has 2 aliphatic heterocycles. The summed E-state index contributed by atoms with van der Waals surface area (Å²) in [4.78, 5) is 2.67. The Morgan fingerprint density at radius 3 is 3.00 bits per heavy atom. The van der Waals surface area contributed by atoms with Crippen LogP contribution in [0.15, 0.2) is 0 Å². The molecule has 2 heteroatoms. The van der Waals surface area contributed by atoms with E-state index in [1.807, 2.05) is 0 Å². The van der Waals surface area contributed by atoms with E-state index in [1.165, 1.54) is 51.9 Å². The summed E-state index contributed by atoms with van der Waals surface area (Å²) in [6.45, 7) is 7.36. The summed E-state index contributed by atoms with van der Waals surface area (Å²) < 4.78 is 2.50. The first kappa shape index (κ1) is 9.20. The van der Waals surface area contributed by atoms with Crippen LogP contribution in [0.4, 0.5) is 0 Å². The van der Waals surface area contributed by atoms with Crippen LogP contribution in [0.5, 0.6) is 0 Å². The monoisotopic (exact) mass is 181 g/mol. The van der Waals surface area contributed by atoms with E-state index in [1.54, 1.807) is 0 Å². The molecular weight excluding hydrogens is 160 g/mol. The SMILES string of the molecule is CC[N+]1=CC2CCCCN2CCC1. The molecule has 0 aromatic heterocycles. The normalized spacial score (nSPS) is 30.5. The second-order valence-corrected chi connectivity index (χ2v) is 4.23. The lowest BCUT2D eigenvalue weighted by Gasteiger charge is -2.30. The van der Waals surface area contributed by atoms with Crippen molar-refractivity contribution in [2.75, 3.05) is 26.2 Å². The maximum absolute atomic E-state index is 2.67.